The Hall–Kier alpha value is -2.09. The summed E-state index contributed by atoms with van der Waals surface area (Å²) < 4.78 is 22.8. The Kier molecular flexibility index (Phi) is 3.32. The molecule has 8 heteroatoms. The molecule has 1 N–H and O–H groups in total. The first-order valence-corrected chi connectivity index (χ1v) is 8.37. The number of carbonyl (C=O) groups is 1. The molecule has 1 atom stereocenters. The highest BCUT2D eigenvalue weighted by Gasteiger charge is 2.29. The summed E-state index contributed by atoms with van der Waals surface area (Å²) in [5, 5.41) is 10.4. The summed E-state index contributed by atoms with van der Waals surface area (Å²) in [7, 11) is -3.03. The molecule has 1 saturated heterocycles. The van der Waals surface area contributed by atoms with Crippen molar-refractivity contribution in [2.75, 3.05) is 11.5 Å². The van der Waals surface area contributed by atoms with Crippen molar-refractivity contribution in [2.45, 2.75) is 19.4 Å². The highest BCUT2D eigenvalue weighted by Crippen LogP contribution is 2.13. The topological polar surface area (TPSA) is 102 Å². The summed E-state index contributed by atoms with van der Waals surface area (Å²) >= 11 is 0. The highest BCUT2D eigenvalue weighted by molar-refractivity contribution is 7.91. The van der Waals surface area contributed by atoms with Gasteiger partial charge in [-0.3, -0.25) is 4.79 Å². The minimum atomic E-state index is -3.03. The predicted molar refractivity (Wildman–Crippen MR) is 76.6 cm³/mol. The van der Waals surface area contributed by atoms with E-state index < -0.39 is 15.7 Å². The van der Waals surface area contributed by atoms with E-state index in [1.54, 1.807) is 6.07 Å². The van der Waals surface area contributed by atoms with Crippen LogP contribution in [0.1, 0.15) is 22.6 Å². The van der Waals surface area contributed by atoms with Gasteiger partial charge in [0, 0.05) is 6.04 Å². The van der Waals surface area contributed by atoms with Gasteiger partial charge < -0.3 is 5.32 Å². The first-order valence-electron chi connectivity index (χ1n) is 6.55. The maximum atomic E-state index is 12.1. The molecule has 110 valence electrons. The van der Waals surface area contributed by atoms with E-state index in [1.807, 2.05) is 19.1 Å². The fraction of sp³-hybridized carbons (Fsp3) is 0.385. The molecule has 7 nitrogen and oxygen atoms in total. The lowest BCUT2D eigenvalue weighted by atomic mass is 10.2. The monoisotopic (exact) mass is 306 g/mol. The zero-order chi connectivity index (χ0) is 15.0. The molecule has 0 bridgehead atoms. The Morgan fingerprint density at radius 2 is 2.10 bits per heavy atom. The van der Waals surface area contributed by atoms with Crippen LogP contribution in [-0.2, 0) is 9.84 Å². The molecule has 1 aromatic heterocycles. The number of benzene rings is 1. The van der Waals surface area contributed by atoms with Crippen molar-refractivity contribution in [1.29, 1.82) is 0 Å². The summed E-state index contributed by atoms with van der Waals surface area (Å²) in [6, 6.07) is 5.12. The molecule has 3 rings (SSSR count). The van der Waals surface area contributed by atoms with Crippen LogP contribution in [-0.4, -0.2) is 47.1 Å². The minimum absolute atomic E-state index is 0.0289. The van der Waals surface area contributed by atoms with Crippen LogP contribution in [0.25, 0.3) is 11.0 Å². The van der Waals surface area contributed by atoms with Crippen molar-refractivity contribution in [3.05, 3.63) is 29.6 Å². The van der Waals surface area contributed by atoms with E-state index in [1.165, 1.54) is 0 Å². The molecule has 0 unspecified atom stereocenters. The maximum absolute atomic E-state index is 12.1. The maximum Gasteiger partial charge on any atom is 0.291 e. The number of aryl methyl sites for hydroxylation is 1. The van der Waals surface area contributed by atoms with Gasteiger partial charge in [0.05, 0.1) is 17.0 Å². The van der Waals surface area contributed by atoms with Crippen LogP contribution in [0, 0.1) is 6.92 Å². The Labute approximate surface area is 121 Å². The van der Waals surface area contributed by atoms with Gasteiger partial charge in [-0.05, 0) is 31.0 Å². The summed E-state index contributed by atoms with van der Waals surface area (Å²) in [6.07, 6.45) is 0.425. The first-order chi connectivity index (χ1) is 9.93. The second kappa shape index (κ2) is 5.03. The summed E-state index contributed by atoms with van der Waals surface area (Å²) in [4.78, 5) is 16.2. The van der Waals surface area contributed by atoms with Crippen LogP contribution >= 0.6 is 0 Å². The quantitative estimate of drug-likeness (QED) is 0.853. The molecule has 0 saturated carbocycles. The third kappa shape index (κ3) is 2.99. The zero-order valence-corrected chi connectivity index (χ0v) is 12.2. The molecule has 2 heterocycles. The Balaban J connectivity index is 1.81. The van der Waals surface area contributed by atoms with E-state index >= 15 is 0 Å². The normalized spacial score (nSPS) is 20.5. The molecule has 0 aliphatic carbocycles. The first kappa shape index (κ1) is 13.9. The van der Waals surface area contributed by atoms with Gasteiger partial charge in [0.1, 0.15) is 5.52 Å². The fourth-order valence-electron chi connectivity index (χ4n) is 2.30. The van der Waals surface area contributed by atoms with Gasteiger partial charge in [-0.2, -0.15) is 0 Å². The number of nitrogens with zero attached hydrogens (tertiary/aromatic N) is 3. The predicted octanol–water partition coefficient (Wildman–Crippen LogP) is 0.250. The largest absolute Gasteiger partial charge is 0.345 e. The van der Waals surface area contributed by atoms with E-state index in [4.69, 9.17) is 0 Å². The van der Waals surface area contributed by atoms with Gasteiger partial charge in [-0.15, -0.1) is 10.2 Å². The SMILES string of the molecule is Cc1ccc2nnc(C(=O)N[C@H]3CCS(=O)(=O)C3)nc2c1. The van der Waals surface area contributed by atoms with Crippen molar-refractivity contribution in [3.8, 4) is 0 Å². The summed E-state index contributed by atoms with van der Waals surface area (Å²) in [5.41, 5.74) is 2.21. The van der Waals surface area contributed by atoms with E-state index in [-0.39, 0.29) is 23.4 Å². The van der Waals surface area contributed by atoms with E-state index in [0.717, 1.165) is 5.56 Å². The van der Waals surface area contributed by atoms with Crippen LogP contribution < -0.4 is 5.32 Å². The molecule has 21 heavy (non-hydrogen) atoms. The van der Waals surface area contributed by atoms with Gasteiger partial charge in [0.25, 0.3) is 5.91 Å². The molecule has 1 fully saturated rings. The number of rotatable bonds is 2. The van der Waals surface area contributed by atoms with Gasteiger partial charge in [-0.1, -0.05) is 6.07 Å². The lowest BCUT2D eigenvalue weighted by Crippen LogP contribution is -2.36. The van der Waals surface area contributed by atoms with Crippen molar-refractivity contribution in [1.82, 2.24) is 20.5 Å². The van der Waals surface area contributed by atoms with Gasteiger partial charge in [-0.25, -0.2) is 13.4 Å². The van der Waals surface area contributed by atoms with Crippen LogP contribution in [0.5, 0.6) is 0 Å². The Bertz CT molecular complexity index is 819. The number of nitrogens with one attached hydrogen (secondary N) is 1. The van der Waals surface area contributed by atoms with Crippen molar-refractivity contribution < 1.29 is 13.2 Å². The highest BCUT2D eigenvalue weighted by atomic mass is 32.2. The molecule has 1 amide bonds. The summed E-state index contributed by atoms with van der Waals surface area (Å²) in [5.74, 6) is -0.460. The number of fused-ring (bicyclic) bond motifs is 1. The second-order valence-electron chi connectivity index (χ2n) is 5.20. The number of amides is 1. The van der Waals surface area contributed by atoms with Crippen molar-refractivity contribution in [2.24, 2.45) is 0 Å². The van der Waals surface area contributed by atoms with E-state index in [2.05, 4.69) is 20.5 Å². The molecular weight excluding hydrogens is 292 g/mol. The minimum Gasteiger partial charge on any atom is -0.345 e. The molecule has 2 aromatic rings. The van der Waals surface area contributed by atoms with Crippen LogP contribution in [0.2, 0.25) is 0 Å². The van der Waals surface area contributed by atoms with Crippen LogP contribution in [0.3, 0.4) is 0 Å². The number of aromatic nitrogens is 3. The fourth-order valence-corrected chi connectivity index (χ4v) is 3.97. The second-order valence-corrected chi connectivity index (χ2v) is 7.43. The van der Waals surface area contributed by atoms with Crippen molar-refractivity contribution in [3.63, 3.8) is 0 Å². The lowest BCUT2D eigenvalue weighted by molar-refractivity contribution is 0.0930. The van der Waals surface area contributed by atoms with E-state index in [9.17, 15) is 13.2 Å². The summed E-state index contributed by atoms with van der Waals surface area (Å²) in [6.45, 7) is 1.92. The third-order valence-electron chi connectivity index (χ3n) is 3.38. The number of carbonyl (C=O) groups excluding carboxylic acids is 1. The molecule has 0 radical (unpaired) electrons. The van der Waals surface area contributed by atoms with Crippen LogP contribution in [0.4, 0.5) is 0 Å². The lowest BCUT2D eigenvalue weighted by Gasteiger charge is -2.09. The molecule has 1 aliphatic heterocycles. The molecule has 1 aliphatic rings. The number of sulfone groups is 1. The van der Waals surface area contributed by atoms with Crippen molar-refractivity contribution >= 4 is 26.8 Å². The van der Waals surface area contributed by atoms with Crippen LogP contribution in [0.15, 0.2) is 18.2 Å². The molecular formula is C13H14N4O3S. The van der Waals surface area contributed by atoms with Gasteiger partial charge >= 0.3 is 0 Å². The number of hydrogen-bond donors (Lipinski definition) is 1. The Morgan fingerprint density at radius 1 is 1.29 bits per heavy atom. The average molecular weight is 306 g/mol. The average Bonchev–Trinajstić information content (AvgIpc) is 2.77. The molecule has 0 spiro atoms. The number of hydrogen-bond acceptors (Lipinski definition) is 6. The zero-order valence-electron chi connectivity index (χ0n) is 11.4. The molecule has 1 aromatic carbocycles. The third-order valence-corrected chi connectivity index (χ3v) is 5.15. The smallest absolute Gasteiger partial charge is 0.291 e. The van der Waals surface area contributed by atoms with Gasteiger partial charge in [0.15, 0.2) is 9.84 Å². The Morgan fingerprint density at radius 3 is 2.81 bits per heavy atom. The standard InChI is InChI=1S/C13H14N4O3S/c1-8-2-3-10-11(6-8)15-12(17-16-10)13(18)14-9-4-5-21(19,20)7-9/h2-3,6,9H,4-5,7H2,1H3,(H,14,18)/t9-/m0/s1. The van der Waals surface area contributed by atoms with E-state index in [0.29, 0.717) is 17.5 Å². The van der Waals surface area contributed by atoms with Gasteiger partial charge in [0.2, 0.25) is 5.82 Å².